The minimum absolute atomic E-state index is 0.0155. The summed E-state index contributed by atoms with van der Waals surface area (Å²) in [5.74, 6) is 0. The van der Waals surface area contributed by atoms with Crippen molar-refractivity contribution in [1.82, 2.24) is 14.5 Å². The van der Waals surface area contributed by atoms with Crippen molar-refractivity contribution in [2.45, 2.75) is 38.1 Å². The van der Waals surface area contributed by atoms with Crippen molar-refractivity contribution in [3.63, 3.8) is 0 Å². The third kappa shape index (κ3) is 4.15. The van der Waals surface area contributed by atoms with Crippen molar-refractivity contribution in [2.24, 2.45) is 7.05 Å². The van der Waals surface area contributed by atoms with Crippen molar-refractivity contribution in [2.75, 3.05) is 12.8 Å². The van der Waals surface area contributed by atoms with Crippen LogP contribution in [0.1, 0.15) is 31.5 Å². The van der Waals surface area contributed by atoms with Crippen molar-refractivity contribution in [1.29, 1.82) is 0 Å². The normalized spacial score (nSPS) is 13.2. The van der Waals surface area contributed by atoms with Crippen LogP contribution in [0, 0.1) is 0 Å². The van der Waals surface area contributed by atoms with Gasteiger partial charge in [-0.3, -0.25) is 9.36 Å². The van der Waals surface area contributed by atoms with Crippen LogP contribution in [0.5, 0.6) is 0 Å². The lowest BCUT2D eigenvalue weighted by Crippen LogP contribution is -2.16. The third-order valence-corrected chi connectivity index (χ3v) is 6.85. The molecule has 1 aliphatic rings. The highest BCUT2D eigenvalue weighted by Gasteiger charge is 2.17. The van der Waals surface area contributed by atoms with Gasteiger partial charge in [-0.25, -0.2) is 0 Å². The van der Waals surface area contributed by atoms with Crippen molar-refractivity contribution < 1.29 is 0 Å². The Morgan fingerprint density at radius 1 is 0.969 bits per heavy atom. The van der Waals surface area contributed by atoms with Crippen molar-refractivity contribution in [3.8, 4) is 16.8 Å². The van der Waals surface area contributed by atoms with E-state index >= 15 is 0 Å². The molecule has 1 N–H and O–H groups in total. The predicted octanol–water partition coefficient (Wildman–Crippen LogP) is 5.78. The number of aromatic nitrogens is 2. The van der Waals surface area contributed by atoms with Crippen LogP contribution in [-0.2, 0) is 20.0 Å². The van der Waals surface area contributed by atoms with Gasteiger partial charge >= 0.3 is 0 Å². The minimum atomic E-state index is -0.0155. The Kier molecular flexibility index (Phi) is 6.87. The molecule has 2 aromatic heterocycles. The molecule has 0 spiro atoms. The monoisotopic (exact) mass is 445 g/mol. The summed E-state index contributed by atoms with van der Waals surface area (Å²) in [5.41, 5.74) is 6.88. The zero-order valence-corrected chi connectivity index (χ0v) is 20.1. The van der Waals surface area contributed by atoms with Crippen molar-refractivity contribution >= 4 is 22.7 Å². The van der Waals surface area contributed by atoms with Crippen LogP contribution < -0.4 is 10.9 Å². The lowest BCUT2D eigenvalue weighted by atomic mass is 10.1. The van der Waals surface area contributed by atoms with E-state index in [9.17, 15) is 4.79 Å². The van der Waals surface area contributed by atoms with Gasteiger partial charge in [0.15, 0.2) is 0 Å². The lowest BCUT2D eigenvalue weighted by molar-refractivity contribution is 0.677. The molecule has 1 aliphatic heterocycles. The number of nitrogens with one attached hydrogen (secondary N) is 1. The number of fused-ring (bicyclic) bond motifs is 3. The van der Waals surface area contributed by atoms with Crippen LogP contribution >= 0.6 is 11.8 Å². The van der Waals surface area contributed by atoms with Crippen LogP contribution in [0.15, 0.2) is 70.5 Å². The van der Waals surface area contributed by atoms with Gasteiger partial charge in [0.25, 0.3) is 5.56 Å². The average molecular weight is 446 g/mol. The molecule has 0 fully saturated rings. The first-order chi connectivity index (χ1) is 15.7. The van der Waals surface area contributed by atoms with Gasteiger partial charge in [-0.05, 0) is 72.7 Å². The summed E-state index contributed by atoms with van der Waals surface area (Å²) in [7, 11) is 2.14. The van der Waals surface area contributed by atoms with E-state index in [2.05, 4.69) is 65.7 Å². The van der Waals surface area contributed by atoms with Crippen LogP contribution in [-0.4, -0.2) is 21.9 Å². The lowest BCUT2D eigenvalue weighted by Gasteiger charge is -2.09. The first kappa shape index (κ1) is 22.4. The SMILES string of the molecule is CC.CSc1ccc(-c2ccn(-c3ccc4c5c(n(C)c4c3)CCCNC5)c(=O)c2)cc1. The van der Waals surface area contributed by atoms with Crippen LogP contribution in [0.3, 0.4) is 0 Å². The number of rotatable bonds is 3. The molecule has 166 valence electrons. The fourth-order valence-electron chi connectivity index (χ4n) is 4.47. The molecule has 4 nitrogen and oxygen atoms in total. The van der Waals surface area contributed by atoms with Gasteiger partial charge in [-0.1, -0.05) is 32.0 Å². The van der Waals surface area contributed by atoms with E-state index < -0.39 is 0 Å². The second kappa shape index (κ2) is 9.80. The molecule has 0 unspecified atom stereocenters. The van der Waals surface area contributed by atoms with Crippen LogP contribution in [0.25, 0.3) is 27.7 Å². The van der Waals surface area contributed by atoms with Gasteiger partial charge in [-0.2, -0.15) is 0 Å². The van der Waals surface area contributed by atoms with Gasteiger partial charge in [0, 0.05) is 41.8 Å². The summed E-state index contributed by atoms with van der Waals surface area (Å²) in [6, 6.07) is 18.4. The second-order valence-electron chi connectivity index (χ2n) is 7.82. The van der Waals surface area contributed by atoms with Gasteiger partial charge in [-0.15, -0.1) is 11.8 Å². The summed E-state index contributed by atoms with van der Waals surface area (Å²) in [6.45, 7) is 5.98. The number of pyridine rings is 1. The third-order valence-electron chi connectivity index (χ3n) is 6.11. The summed E-state index contributed by atoms with van der Waals surface area (Å²) in [4.78, 5) is 14.2. The molecule has 0 saturated carbocycles. The molecule has 0 radical (unpaired) electrons. The largest absolute Gasteiger partial charge is 0.347 e. The number of aryl methyl sites for hydroxylation is 1. The topological polar surface area (TPSA) is 39.0 Å². The number of hydrogen-bond acceptors (Lipinski definition) is 3. The van der Waals surface area contributed by atoms with Crippen LogP contribution in [0.4, 0.5) is 0 Å². The number of hydrogen-bond donors (Lipinski definition) is 1. The number of nitrogens with zero attached hydrogens (tertiary/aromatic N) is 2. The molecular formula is C27H31N3OS. The highest BCUT2D eigenvalue weighted by atomic mass is 32.2. The Morgan fingerprint density at radius 3 is 2.47 bits per heavy atom. The molecule has 2 aromatic carbocycles. The second-order valence-corrected chi connectivity index (χ2v) is 8.70. The molecule has 5 rings (SSSR count). The van der Waals surface area contributed by atoms with E-state index in [1.807, 2.05) is 26.1 Å². The zero-order chi connectivity index (χ0) is 22.7. The Bertz CT molecular complexity index is 1280. The molecule has 0 atom stereocenters. The number of thioether (sulfide) groups is 1. The first-order valence-electron chi connectivity index (χ1n) is 11.3. The number of benzene rings is 2. The standard InChI is InChI=1S/C25H25N3OS.C2H6/c1-27-23-4-3-12-26-16-22(23)21-10-7-19(15-24(21)27)28-13-11-18(14-25(28)29)17-5-8-20(30-2)9-6-17;1-2/h5-11,13-15,26H,3-4,12,16H2,1-2H3;1-2H3. The van der Waals surface area contributed by atoms with Crippen molar-refractivity contribution in [3.05, 3.63) is 82.4 Å². The summed E-state index contributed by atoms with van der Waals surface area (Å²) >= 11 is 1.72. The molecule has 0 bridgehead atoms. The molecule has 5 heteroatoms. The van der Waals surface area contributed by atoms with E-state index in [0.29, 0.717) is 0 Å². The molecule has 0 amide bonds. The first-order valence-corrected chi connectivity index (χ1v) is 12.6. The highest BCUT2D eigenvalue weighted by Crippen LogP contribution is 2.29. The molecule has 0 aliphatic carbocycles. The summed E-state index contributed by atoms with van der Waals surface area (Å²) in [6.07, 6.45) is 6.20. The Morgan fingerprint density at radius 2 is 1.75 bits per heavy atom. The average Bonchev–Trinajstić information content (AvgIpc) is 2.99. The Labute approximate surface area is 194 Å². The summed E-state index contributed by atoms with van der Waals surface area (Å²) in [5, 5.41) is 4.81. The Balaban J connectivity index is 0.00000119. The van der Waals surface area contributed by atoms with Gasteiger partial charge < -0.3 is 9.88 Å². The maximum atomic E-state index is 12.9. The molecule has 3 heterocycles. The van der Waals surface area contributed by atoms with E-state index in [4.69, 9.17) is 0 Å². The van der Waals surface area contributed by atoms with Gasteiger partial charge in [0.2, 0.25) is 0 Å². The Hall–Kier alpha value is -2.76. The molecule has 0 saturated heterocycles. The zero-order valence-electron chi connectivity index (χ0n) is 19.3. The van der Waals surface area contributed by atoms with E-state index in [0.717, 1.165) is 42.7 Å². The smallest absolute Gasteiger partial charge is 0.255 e. The van der Waals surface area contributed by atoms with Crippen LogP contribution in [0.2, 0.25) is 0 Å². The fraction of sp³-hybridized carbons (Fsp3) is 0.296. The molecule has 4 aromatic rings. The maximum absolute atomic E-state index is 12.9. The van der Waals surface area contributed by atoms with Gasteiger partial charge in [0.05, 0.1) is 11.2 Å². The molecular weight excluding hydrogens is 414 g/mol. The summed E-state index contributed by atoms with van der Waals surface area (Å²) < 4.78 is 4.03. The molecule has 32 heavy (non-hydrogen) atoms. The highest BCUT2D eigenvalue weighted by molar-refractivity contribution is 7.98. The van der Waals surface area contributed by atoms with E-state index in [-0.39, 0.29) is 5.56 Å². The quantitative estimate of drug-likeness (QED) is 0.406. The van der Waals surface area contributed by atoms with E-state index in [1.54, 1.807) is 22.4 Å². The minimum Gasteiger partial charge on any atom is -0.347 e. The fourth-order valence-corrected chi connectivity index (χ4v) is 4.88. The predicted molar refractivity (Wildman–Crippen MR) is 137 cm³/mol. The maximum Gasteiger partial charge on any atom is 0.255 e. The van der Waals surface area contributed by atoms with E-state index in [1.165, 1.54) is 27.1 Å². The van der Waals surface area contributed by atoms with Gasteiger partial charge in [0.1, 0.15) is 0 Å².